The molecule has 0 amide bonds. The molecule has 6 rings (SSSR count). The monoisotopic (exact) mass is 431 g/mol. The normalized spacial score (nSPS) is 12.6. The van der Waals surface area contributed by atoms with Gasteiger partial charge in [0.2, 0.25) is 0 Å². The van der Waals surface area contributed by atoms with E-state index in [1.165, 1.54) is 16.3 Å². The van der Waals surface area contributed by atoms with E-state index in [9.17, 15) is 5.11 Å². The summed E-state index contributed by atoms with van der Waals surface area (Å²) in [4.78, 5) is 4.90. The van der Waals surface area contributed by atoms with Crippen LogP contribution in [-0.2, 0) is 19.5 Å². The number of imidazole rings is 1. The molecule has 4 nitrogen and oxygen atoms in total. The molecule has 0 fully saturated rings. The minimum Gasteiger partial charge on any atom is -0.389 e. The lowest BCUT2D eigenvalue weighted by Gasteiger charge is -2.17. The van der Waals surface area contributed by atoms with Gasteiger partial charge in [-0.3, -0.25) is 0 Å². The Morgan fingerprint density at radius 2 is 1.15 bits per heavy atom. The van der Waals surface area contributed by atoms with Crippen molar-refractivity contribution in [2.75, 3.05) is 0 Å². The fourth-order valence-electron chi connectivity index (χ4n) is 4.92. The highest BCUT2D eigenvalue weighted by Gasteiger charge is 2.17. The van der Waals surface area contributed by atoms with Crippen molar-refractivity contribution in [3.05, 3.63) is 115 Å². The fraction of sp³-hybridized carbons (Fsp3) is 0.138. The van der Waals surface area contributed by atoms with Crippen LogP contribution in [0.25, 0.3) is 32.8 Å². The Bertz CT molecular complexity index is 1510. The highest BCUT2D eigenvalue weighted by molar-refractivity contribution is 6.07. The Morgan fingerprint density at radius 3 is 1.85 bits per heavy atom. The number of aliphatic hydroxyl groups is 1. The summed E-state index contributed by atoms with van der Waals surface area (Å²) in [5.41, 5.74) is 5.54. The first-order valence-corrected chi connectivity index (χ1v) is 11.4. The first-order chi connectivity index (χ1) is 16.3. The van der Waals surface area contributed by atoms with Gasteiger partial charge in [0, 0.05) is 28.2 Å². The summed E-state index contributed by atoms with van der Waals surface area (Å²) in [6, 6.07) is 35.4. The average Bonchev–Trinajstić information content (AvgIpc) is 3.36. The topological polar surface area (TPSA) is 43.0 Å². The maximum absolute atomic E-state index is 11.3. The molecule has 0 aliphatic heterocycles. The number of para-hydroxylation sites is 4. The molecule has 0 radical (unpaired) electrons. The number of fused-ring (bicyclic) bond motifs is 4. The Hall–Kier alpha value is -3.89. The van der Waals surface area contributed by atoms with Crippen LogP contribution in [0.5, 0.6) is 0 Å². The van der Waals surface area contributed by atoms with Crippen molar-refractivity contribution in [3.8, 4) is 0 Å². The van der Waals surface area contributed by atoms with Gasteiger partial charge in [0.1, 0.15) is 5.82 Å². The molecule has 6 aromatic rings. The Morgan fingerprint density at radius 1 is 0.606 bits per heavy atom. The number of hydrogen-bond acceptors (Lipinski definition) is 2. The van der Waals surface area contributed by atoms with E-state index in [-0.39, 0.29) is 0 Å². The van der Waals surface area contributed by atoms with Crippen LogP contribution in [0.15, 0.2) is 103 Å². The number of benzene rings is 4. The highest BCUT2D eigenvalue weighted by Crippen LogP contribution is 2.29. The standard InChI is InChI=1S/C29H25N3O/c33-22(19-31-26-15-7-4-12-23(26)24-13-5-8-16-27(24)31)20-32-28-17-9-6-14-25(28)30-29(32)18-21-10-2-1-3-11-21/h1-17,22,33H,18-20H2. The smallest absolute Gasteiger partial charge is 0.114 e. The number of aromatic nitrogens is 3. The zero-order valence-corrected chi connectivity index (χ0v) is 18.3. The highest BCUT2D eigenvalue weighted by atomic mass is 16.3. The molecular formula is C29H25N3O. The zero-order chi connectivity index (χ0) is 22.2. The quantitative estimate of drug-likeness (QED) is 0.362. The molecule has 4 heteroatoms. The molecule has 2 heterocycles. The SMILES string of the molecule is OC(Cn1c(Cc2ccccc2)nc2ccccc21)Cn1c2ccccc2c2ccccc21. The first-order valence-electron chi connectivity index (χ1n) is 11.4. The second kappa shape index (κ2) is 8.23. The molecule has 1 unspecified atom stereocenters. The summed E-state index contributed by atoms with van der Waals surface area (Å²) in [5, 5.41) is 13.7. The van der Waals surface area contributed by atoms with E-state index in [2.05, 4.69) is 88.0 Å². The van der Waals surface area contributed by atoms with Crippen molar-refractivity contribution in [2.45, 2.75) is 25.6 Å². The van der Waals surface area contributed by atoms with Gasteiger partial charge in [-0.2, -0.15) is 0 Å². The Balaban J connectivity index is 1.37. The molecule has 1 atom stereocenters. The van der Waals surface area contributed by atoms with Gasteiger partial charge in [-0.1, -0.05) is 78.9 Å². The maximum Gasteiger partial charge on any atom is 0.114 e. The van der Waals surface area contributed by atoms with Crippen LogP contribution in [-0.4, -0.2) is 25.3 Å². The van der Waals surface area contributed by atoms with Crippen molar-refractivity contribution >= 4 is 32.8 Å². The van der Waals surface area contributed by atoms with Gasteiger partial charge in [-0.05, 0) is 29.8 Å². The lowest BCUT2D eigenvalue weighted by Crippen LogP contribution is -2.23. The van der Waals surface area contributed by atoms with Gasteiger partial charge in [0.15, 0.2) is 0 Å². The summed E-state index contributed by atoms with van der Waals surface area (Å²) >= 11 is 0. The summed E-state index contributed by atoms with van der Waals surface area (Å²) in [6.45, 7) is 1.01. The molecule has 162 valence electrons. The number of hydrogen-bond donors (Lipinski definition) is 1. The predicted molar refractivity (Wildman–Crippen MR) is 134 cm³/mol. The molecule has 2 aromatic heterocycles. The van der Waals surface area contributed by atoms with Crippen molar-refractivity contribution in [1.82, 2.24) is 14.1 Å². The first kappa shape index (κ1) is 19.8. The molecule has 33 heavy (non-hydrogen) atoms. The van der Waals surface area contributed by atoms with Crippen LogP contribution < -0.4 is 0 Å². The van der Waals surface area contributed by atoms with E-state index < -0.39 is 6.10 Å². The fourth-order valence-corrected chi connectivity index (χ4v) is 4.92. The third-order valence-corrected chi connectivity index (χ3v) is 6.41. The predicted octanol–water partition coefficient (Wildman–Crippen LogP) is 5.80. The minimum atomic E-state index is -0.559. The van der Waals surface area contributed by atoms with Crippen molar-refractivity contribution in [2.24, 2.45) is 0 Å². The van der Waals surface area contributed by atoms with Crippen LogP contribution in [0.2, 0.25) is 0 Å². The van der Waals surface area contributed by atoms with Crippen LogP contribution in [0.3, 0.4) is 0 Å². The Labute approximate surface area is 192 Å². The van der Waals surface area contributed by atoms with Crippen molar-refractivity contribution < 1.29 is 5.11 Å². The summed E-state index contributed by atoms with van der Waals surface area (Å²) in [7, 11) is 0. The molecule has 0 aliphatic rings. The molecule has 0 saturated carbocycles. The second-order valence-electron chi connectivity index (χ2n) is 8.59. The van der Waals surface area contributed by atoms with E-state index in [0.717, 1.165) is 34.3 Å². The van der Waals surface area contributed by atoms with E-state index in [4.69, 9.17) is 4.98 Å². The summed E-state index contributed by atoms with van der Waals surface area (Å²) in [6.07, 6.45) is 0.175. The largest absolute Gasteiger partial charge is 0.389 e. The molecule has 0 saturated heterocycles. The van der Waals surface area contributed by atoms with E-state index in [0.29, 0.717) is 13.1 Å². The van der Waals surface area contributed by atoms with Crippen LogP contribution in [0.4, 0.5) is 0 Å². The lowest BCUT2D eigenvalue weighted by atomic mass is 10.1. The van der Waals surface area contributed by atoms with Crippen LogP contribution >= 0.6 is 0 Å². The molecule has 1 N–H and O–H groups in total. The van der Waals surface area contributed by atoms with Crippen LogP contribution in [0.1, 0.15) is 11.4 Å². The lowest BCUT2D eigenvalue weighted by molar-refractivity contribution is 0.137. The van der Waals surface area contributed by atoms with Gasteiger partial charge in [-0.25, -0.2) is 4.98 Å². The van der Waals surface area contributed by atoms with Crippen LogP contribution in [0, 0.1) is 0 Å². The summed E-state index contributed by atoms with van der Waals surface area (Å²) < 4.78 is 4.42. The number of nitrogens with zero attached hydrogens (tertiary/aromatic N) is 3. The van der Waals surface area contributed by atoms with Crippen molar-refractivity contribution in [1.29, 1.82) is 0 Å². The molecule has 4 aromatic carbocycles. The van der Waals surface area contributed by atoms with E-state index in [1.807, 2.05) is 24.3 Å². The third-order valence-electron chi connectivity index (χ3n) is 6.41. The second-order valence-corrected chi connectivity index (χ2v) is 8.59. The molecule has 0 aliphatic carbocycles. The molecular weight excluding hydrogens is 406 g/mol. The van der Waals surface area contributed by atoms with E-state index >= 15 is 0 Å². The Kier molecular flexibility index (Phi) is 4.93. The van der Waals surface area contributed by atoms with Gasteiger partial charge < -0.3 is 14.2 Å². The van der Waals surface area contributed by atoms with Gasteiger partial charge in [0.05, 0.1) is 30.2 Å². The van der Waals surface area contributed by atoms with Gasteiger partial charge in [-0.15, -0.1) is 0 Å². The molecule has 0 spiro atoms. The van der Waals surface area contributed by atoms with E-state index in [1.54, 1.807) is 0 Å². The van der Waals surface area contributed by atoms with Gasteiger partial charge >= 0.3 is 0 Å². The average molecular weight is 432 g/mol. The maximum atomic E-state index is 11.3. The zero-order valence-electron chi connectivity index (χ0n) is 18.3. The van der Waals surface area contributed by atoms with Gasteiger partial charge in [0.25, 0.3) is 0 Å². The third kappa shape index (κ3) is 3.59. The number of aliphatic hydroxyl groups excluding tert-OH is 1. The minimum absolute atomic E-state index is 0.490. The van der Waals surface area contributed by atoms with Crippen molar-refractivity contribution in [3.63, 3.8) is 0 Å². The summed E-state index contributed by atoms with van der Waals surface area (Å²) in [5.74, 6) is 0.976. The molecule has 0 bridgehead atoms. The number of rotatable bonds is 6.